The minimum absolute atomic E-state index is 0.113. The molecule has 0 aromatic carbocycles. The molecule has 20 heavy (non-hydrogen) atoms. The molecule has 112 valence electrons. The van der Waals surface area contributed by atoms with Gasteiger partial charge in [0.15, 0.2) is 4.60 Å². The molecule has 1 unspecified atom stereocenters. The first kappa shape index (κ1) is 14.5. The summed E-state index contributed by atoms with van der Waals surface area (Å²) >= 11 is 3.44. The van der Waals surface area contributed by atoms with Gasteiger partial charge >= 0.3 is 0 Å². The second-order valence-corrected chi connectivity index (χ2v) is 6.90. The van der Waals surface area contributed by atoms with Crippen LogP contribution in [0.5, 0.6) is 0 Å². The molecule has 6 heteroatoms. The highest BCUT2D eigenvalue weighted by atomic mass is 79.9. The van der Waals surface area contributed by atoms with E-state index >= 15 is 0 Å². The maximum Gasteiger partial charge on any atom is 0.154 e. The number of rotatable bonds is 3. The van der Waals surface area contributed by atoms with Crippen molar-refractivity contribution in [3.05, 3.63) is 10.3 Å². The van der Waals surface area contributed by atoms with E-state index in [9.17, 15) is 5.11 Å². The predicted molar refractivity (Wildman–Crippen MR) is 80.3 cm³/mol. The quantitative estimate of drug-likeness (QED) is 0.916. The highest BCUT2D eigenvalue weighted by molar-refractivity contribution is 9.10. The fourth-order valence-corrected chi connectivity index (χ4v) is 4.52. The summed E-state index contributed by atoms with van der Waals surface area (Å²) < 4.78 is 2.38. The molecular weight excluding hydrogens is 320 g/mol. The van der Waals surface area contributed by atoms with Crippen LogP contribution in [0.1, 0.15) is 56.7 Å². The van der Waals surface area contributed by atoms with Crippen LogP contribution < -0.4 is 0 Å². The normalized spacial score (nSPS) is 24.9. The zero-order chi connectivity index (χ0) is 14.2. The summed E-state index contributed by atoms with van der Waals surface area (Å²) in [5, 5.41) is 19.2. The third kappa shape index (κ3) is 2.31. The zero-order valence-electron chi connectivity index (χ0n) is 12.1. The predicted octanol–water partition coefficient (Wildman–Crippen LogP) is 2.41. The Labute approximate surface area is 128 Å². The van der Waals surface area contributed by atoms with Crippen molar-refractivity contribution in [2.45, 2.75) is 56.6 Å². The van der Waals surface area contributed by atoms with Crippen LogP contribution in [0.25, 0.3) is 0 Å². The number of aliphatic hydroxyl groups is 1. The lowest BCUT2D eigenvalue weighted by Crippen LogP contribution is -2.53. The Balaban J connectivity index is 1.93. The van der Waals surface area contributed by atoms with Crippen LogP contribution >= 0.6 is 15.9 Å². The Morgan fingerprint density at radius 3 is 2.35 bits per heavy atom. The monoisotopic (exact) mass is 342 g/mol. The Morgan fingerprint density at radius 2 is 1.80 bits per heavy atom. The van der Waals surface area contributed by atoms with Crippen LogP contribution in [0.4, 0.5) is 0 Å². The molecule has 0 amide bonds. The van der Waals surface area contributed by atoms with Crippen molar-refractivity contribution in [3.63, 3.8) is 0 Å². The number of aliphatic hydroxyl groups excluding tert-OH is 1. The molecule has 1 saturated heterocycles. The molecule has 2 aliphatic rings. The minimum Gasteiger partial charge on any atom is -0.385 e. The van der Waals surface area contributed by atoms with E-state index in [2.05, 4.69) is 31.1 Å². The van der Waals surface area contributed by atoms with E-state index in [1.807, 2.05) is 7.05 Å². The molecule has 0 spiro atoms. The number of aromatic nitrogens is 3. The summed E-state index contributed by atoms with van der Waals surface area (Å²) in [6.07, 6.45) is 7.86. The van der Waals surface area contributed by atoms with Gasteiger partial charge in [-0.3, -0.25) is 4.90 Å². The van der Waals surface area contributed by atoms with Crippen molar-refractivity contribution in [1.29, 1.82) is 0 Å². The topological polar surface area (TPSA) is 54.2 Å². The first-order chi connectivity index (χ1) is 9.65. The zero-order valence-corrected chi connectivity index (χ0v) is 13.6. The Bertz CT molecular complexity index is 444. The Hall–Kier alpha value is -0.460. The van der Waals surface area contributed by atoms with E-state index in [0.29, 0.717) is 4.60 Å². The Morgan fingerprint density at radius 1 is 1.15 bits per heavy atom. The van der Waals surface area contributed by atoms with Gasteiger partial charge in [0, 0.05) is 7.05 Å². The SMILES string of the molecule is Cn1nnc(Br)c1C(O)C1(N2CCCCC2)CCCC1. The van der Waals surface area contributed by atoms with Gasteiger partial charge in [0.1, 0.15) is 11.8 Å². The molecule has 5 nitrogen and oxygen atoms in total. The third-order valence-corrected chi connectivity index (χ3v) is 5.61. The molecule has 0 radical (unpaired) electrons. The van der Waals surface area contributed by atoms with E-state index in [1.165, 1.54) is 32.1 Å². The molecule has 1 saturated carbocycles. The molecule has 0 bridgehead atoms. The lowest BCUT2D eigenvalue weighted by molar-refractivity contribution is -0.0444. The van der Waals surface area contributed by atoms with E-state index < -0.39 is 6.10 Å². The largest absolute Gasteiger partial charge is 0.385 e. The summed E-state index contributed by atoms with van der Waals surface area (Å²) in [5.74, 6) is 0. The molecule has 1 aliphatic heterocycles. The van der Waals surface area contributed by atoms with Crippen LogP contribution in [-0.2, 0) is 7.05 Å². The average molecular weight is 343 g/mol. The smallest absolute Gasteiger partial charge is 0.154 e. The molecule has 1 N–H and O–H groups in total. The summed E-state index contributed by atoms with van der Waals surface area (Å²) in [5.41, 5.74) is 0.704. The first-order valence-electron chi connectivity index (χ1n) is 7.63. The van der Waals surface area contributed by atoms with E-state index in [-0.39, 0.29) is 5.54 Å². The van der Waals surface area contributed by atoms with Crippen molar-refractivity contribution >= 4 is 15.9 Å². The van der Waals surface area contributed by atoms with Crippen molar-refractivity contribution in [2.75, 3.05) is 13.1 Å². The average Bonchev–Trinajstić information content (AvgIpc) is 3.08. The number of halogens is 1. The first-order valence-corrected chi connectivity index (χ1v) is 8.43. The lowest BCUT2D eigenvalue weighted by Gasteiger charge is -2.46. The second kappa shape index (κ2) is 5.73. The highest BCUT2D eigenvalue weighted by Gasteiger charge is 2.47. The lowest BCUT2D eigenvalue weighted by atomic mass is 9.85. The molecule has 1 atom stereocenters. The standard InChI is InChI=1S/C14H23BrN4O/c1-18-11(13(15)16-17-18)12(20)14(7-3-4-8-14)19-9-5-2-6-10-19/h12,20H,2-10H2,1H3. The van der Waals surface area contributed by atoms with Gasteiger partial charge in [-0.05, 0) is 54.7 Å². The number of piperidine rings is 1. The van der Waals surface area contributed by atoms with Crippen molar-refractivity contribution in [1.82, 2.24) is 19.9 Å². The van der Waals surface area contributed by atoms with E-state index in [0.717, 1.165) is 31.6 Å². The van der Waals surface area contributed by atoms with Crippen molar-refractivity contribution < 1.29 is 5.11 Å². The van der Waals surface area contributed by atoms with E-state index in [4.69, 9.17) is 0 Å². The summed E-state index contributed by atoms with van der Waals surface area (Å²) in [4.78, 5) is 2.54. The maximum atomic E-state index is 11.1. The number of hydrogen-bond donors (Lipinski definition) is 1. The van der Waals surface area contributed by atoms with Gasteiger partial charge in [-0.1, -0.05) is 24.5 Å². The summed E-state index contributed by atoms with van der Waals surface area (Å²) in [6, 6.07) is 0. The highest BCUT2D eigenvalue weighted by Crippen LogP contribution is 2.46. The molecule has 1 aliphatic carbocycles. The van der Waals surface area contributed by atoms with Crippen molar-refractivity contribution in [3.8, 4) is 0 Å². The molecule has 2 heterocycles. The van der Waals surface area contributed by atoms with Crippen LogP contribution in [0, 0.1) is 0 Å². The number of nitrogens with zero attached hydrogens (tertiary/aromatic N) is 4. The Kier molecular flexibility index (Phi) is 4.15. The van der Waals surface area contributed by atoms with Gasteiger partial charge in [-0.25, -0.2) is 4.68 Å². The molecular formula is C14H23BrN4O. The minimum atomic E-state index is -0.516. The third-order valence-electron chi connectivity index (χ3n) is 5.05. The van der Waals surface area contributed by atoms with Gasteiger partial charge in [0.2, 0.25) is 0 Å². The van der Waals surface area contributed by atoms with Crippen LogP contribution in [0.2, 0.25) is 0 Å². The van der Waals surface area contributed by atoms with Crippen molar-refractivity contribution in [2.24, 2.45) is 7.05 Å². The van der Waals surface area contributed by atoms with Gasteiger partial charge in [0.05, 0.1) is 5.54 Å². The number of aryl methyl sites for hydroxylation is 1. The van der Waals surface area contributed by atoms with Gasteiger partial charge < -0.3 is 5.11 Å². The number of hydrogen-bond acceptors (Lipinski definition) is 4. The van der Waals surface area contributed by atoms with Gasteiger partial charge in [0.25, 0.3) is 0 Å². The summed E-state index contributed by atoms with van der Waals surface area (Å²) in [7, 11) is 1.86. The van der Waals surface area contributed by atoms with Crippen LogP contribution in [0.3, 0.4) is 0 Å². The van der Waals surface area contributed by atoms with E-state index in [1.54, 1.807) is 4.68 Å². The molecule has 1 aromatic rings. The fraction of sp³-hybridized carbons (Fsp3) is 0.857. The summed E-state index contributed by atoms with van der Waals surface area (Å²) in [6.45, 7) is 2.22. The van der Waals surface area contributed by atoms with Gasteiger partial charge in [-0.2, -0.15) is 0 Å². The van der Waals surface area contributed by atoms with Crippen LogP contribution in [-0.4, -0.2) is 43.6 Å². The van der Waals surface area contributed by atoms with Crippen LogP contribution in [0.15, 0.2) is 4.60 Å². The number of likely N-dealkylation sites (tertiary alicyclic amines) is 1. The molecule has 3 rings (SSSR count). The van der Waals surface area contributed by atoms with Gasteiger partial charge in [-0.15, -0.1) is 5.10 Å². The second-order valence-electron chi connectivity index (χ2n) is 6.15. The molecule has 1 aromatic heterocycles. The molecule has 2 fully saturated rings. The maximum absolute atomic E-state index is 11.1. The fourth-order valence-electron chi connectivity index (χ4n) is 3.97.